The van der Waals surface area contributed by atoms with Crippen LogP contribution in [0.2, 0.25) is 0 Å². The zero-order chi connectivity index (χ0) is 35.5. The number of aliphatic hydroxyl groups is 1. The number of aromatic hydroxyl groups is 3. The van der Waals surface area contributed by atoms with Crippen molar-refractivity contribution in [3.05, 3.63) is 101 Å². The number of rotatable bonds is 15. The molecule has 0 aliphatic carbocycles. The summed E-state index contributed by atoms with van der Waals surface area (Å²) in [7, 11) is 5.48. The fourth-order valence-electron chi connectivity index (χ4n) is 4.58. The standard InChI is InChI=1S/C36H36O13/c1-43-27-18-24(19-28(44-2)33(27)40)32(39)31(20-48-36(42)23-9-13-26(38)14-10-23)49-34-29(45-3)16-21(17-30(34)46-4)6-5-15-47-35(41)22-7-11-25(37)12-8-22/h5-14,16-19,31-32,37-40H,15,20H2,1-4H3/b6-5+. The fourth-order valence-corrected chi connectivity index (χ4v) is 4.58. The molecule has 13 heteroatoms. The summed E-state index contributed by atoms with van der Waals surface area (Å²) in [5, 5.41) is 41.0. The second-order valence-electron chi connectivity index (χ2n) is 10.3. The highest BCUT2D eigenvalue weighted by molar-refractivity contribution is 5.90. The molecule has 49 heavy (non-hydrogen) atoms. The maximum atomic E-state index is 12.9. The normalized spacial score (nSPS) is 12.1. The highest BCUT2D eigenvalue weighted by atomic mass is 16.6. The van der Waals surface area contributed by atoms with Gasteiger partial charge in [0.05, 0.1) is 39.6 Å². The molecule has 0 saturated carbocycles. The number of phenols is 3. The number of carbonyl (C=O) groups excluding carboxylic acids is 2. The lowest BCUT2D eigenvalue weighted by molar-refractivity contribution is -0.0176. The minimum Gasteiger partial charge on any atom is -0.508 e. The average molecular weight is 677 g/mol. The van der Waals surface area contributed by atoms with Gasteiger partial charge in [0.15, 0.2) is 29.1 Å². The molecule has 4 N–H and O–H groups in total. The number of esters is 2. The van der Waals surface area contributed by atoms with Gasteiger partial charge >= 0.3 is 11.9 Å². The van der Waals surface area contributed by atoms with E-state index in [9.17, 15) is 30.0 Å². The summed E-state index contributed by atoms with van der Waals surface area (Å²) in [4.78, 5) is 25.1. The van der Waals surface area contributed by atoms with E-state index in [1.807, 2.05) is 0 Å². The van der Waals surface area contributed by atoms with Crippen molar-refractivity contribution in [3.8, 4) is 46.0 Å². The molecule has 4 aromatic carbocycles. The molecule has 0 saturated heterocycles. The number of hydrogen-bond acceptors (Lipinski definition) is 13. The van der Waals surface area contributed by atoms with Crippen molar-refractivity contribution in [2.24, 2.45) is 0 Å². The Hall–Kier alpha value is -6.08. The summed E-state index contributed by atoms with van der Waals surface area (Å²) in [6, 6.07) is 17.1. The average Bonchev–Trinajstić information content (AvgIpc) is 3.12. The Kier molecular flexibility index (Phi) is 12.2. The lowest BCUT2D eigenvalue weighted by Crippen LogP contribution is -2.32. The van der Waals surface area contributed by atoms with Crippen LogP contribution in [0.15, 0.2) is 78.9 Å². The number of benzene rings is 4. The van der Waals surface area contributed by atoms with Crippen molar-refractivity contribution in [1.29, 1.82) is 0 Å². The van der Waals surface area contributed by atoms with Gasteiger partial charge in [-0.25, -0.2) is 9.59 Å². The highest BCUT2D eigenvalue weighted by Crippen LogP contribution is 2.43. The van der Waals surface area contributed by atoms with E-state index in [0.717, 1.165) is 0 Å². The van der Waals surface area contributed by atoms with Gasteiger partial charge in [-0.05, 0) is 90.0 Å². The zero-order valence-corrected chi connectivity index (χ0v) is 27.1. The van der Waals surface area contributed by atoms with E-state index in [2.05, 4.69) is 0 Å². The van der Waals surface area contributed by atoms with Gasteiger partial charge in [-0.2, -0.15) is 0 Å². The second-order valence-corrected chi connectivity index (χ2v) is 10.3. The summed E-state index contributed by atoms with van der Waals surface area (Å²) in [6.07, 6.45) is 0.519. The summed E-state index contributed by atoms with van der Waals surface area (Å²) >= 11 is 0. The summed E-state index contributed by atoms with van der Waals surface area (Å²) in [6.45, 7) is -0.518. The molecule has 4 rings (SSSR count). The molecule has 0 heterocycles. The van der Waals surface area contributed by atoms with Gasteiger partial charge in [-0.1, -0.05) is 6.08 Å². The van der Waals surface area contributed by atoms with Gasteiger partial charge in [-0.3, -0.25) is 0 Å². The first-order valence-corrected chi connectivity index (χ1v) is 14.7. The van der Waals surface area contributed by atoms with E-state index >= 15 is 0 Å². The Bertz CT molecular complexity index is 1720. The number of aliphatic hydroxyl groups excluding tert-OH is 1. The van der Waals surface area contributed by atoms with Crippen LogP contribution >= 0.6 is 0 Å². The van der Waals surface area contributed by atoms with Crippen LogP contribution in [0.3, 0.4) is 0 Å². The third-order valence-corrected chi connectivity index (χ3v) is 7.15. The summed E-state index contributed by atoms with van der Waals surface area (Å²) in [5.41, 5.74) is 1.23. The van der Waals surface area contributed by atoms with Gasteiger partial charge in [0, 0.05) is 0 Å². The van der Waals surface area contributed by atoms with Crippen LogP contribution in [-0.4, -0.2) is 80.1 Å². The number of phenolic OH excluding ortho intramolecular Hbond substituents is 3. The third-order valence-electron chi connectivity index (χ3n) is 7.15. The molecule has 0 aromatic heterocycles. The minimum absolute atomic E-state index is 0.0216. The zero-order valence-electron chi connectivity index (χ0n) is 27.1. The molecular weight excluding hydrogens is 640 g/mol. The molecule has 0 bridgehead atoms. The van der Waals surface area contributed by atoms with Crippen molar-refractivity contribution in [2.75, 3.05) is 41.7 Å². The Balaban J connectivity index is 1.60. The topological polar surface area (TPSA) is 180 Å². The summed E-state index contributed by atoms with van der Waals surface area (Å²) in [5.74, 6) is -1.08. The second kappa shape index (κ2) is 16.7. The van der Waals surface area contributed by atoms with E-state index in [4.69, 9.17) is 33.2 Å². The predicted octanol–water partition coefficient (Wildman–Crippen LogP) is 5.05. The van der Waals surface area contributed by atoms with Crippen LogP contribution in [0.4, 0.5) is 0 Å². The van der Waals surface area contributed by atoms with Crippen LogP contribution in [0, 0.1) is 0 Å². The molecule has 258 valence electrons. The highest BCUT2D eigenvalue weighted by Gasteiger charge is 2.30. The molecule has 0 aliphatic heterocycles. The lowest BCUT2D eigenvalue weighted by atomic mass is 10.0. The van der Waals surface area contributed by atoms with Gasteiger partial charge in [0.1, 0.15) is 30.8 Å². The van der Waals surface area contributed by atoms with E-state index in [1.165, 1.54) is 89.1 Å². The Labute approximate surface area is 282 Å². The Morgan fingerprint density at radius 2 is 1.14 bits per heavy atom. The Morgan fingerprint density at radius 1 is 0.673 bits per heavy atom. The molecule has 0 amide bonds. The number of carbonyl (C=O) groups is 2. The SMILES string of the molecule is COc1cc(C(O)C(COC(=O)c2ccc(O)cc2)Oc2c(OC)cc(/C=C/COC(=O)c3ccc(O)cc3)cc2OC)cc(OC)c1O. The van der Waals surface area contributed by atoms with E-state index in [-0.39, 0.29) is 69.3 Å². The third kappa shape index (κ3) is 9.05. The number of ether oxygens (including phenoxy) is 7. The Morgan fingerprint density at radius 3 is 1.61 bits per heavy atom. The molecule has 2 atom stereocenters. The van der Waals surface area contributed by atoms with Crippen LogP contribution < -0.4 is 23.7 Å². The molecule has 2 unspecified atom stereocenters. The van der Waals surface area contributed by atoms with Crippen molar-refractivity contribution < 1.29 is 63.2 Å². The van der Waals surface area contributed by atoms with Crippen LogP contribution in [-0.2, 0) is 9.47 Å². The maximum absolute atomic E-state index is 12.9. The van der Waals surface area contributed by atoms with Crippen molar-refractivity contribution >= 4 is 18.0 Å². The van der Waals surface area contributed by atoms with E-state index in [0.29, 0.717) is 5.56 Å². The number of hydrogen-bond donors (Lipinski definition) is 4. The van der Waals surface area contributed by atoms with Crippen LogP contribution in [0.25, 0.3) is 6.08 Å². The predicted molar refractivity (Wildman–Crippen MR) is 176 cm³/mol. The smallest absolute Gasteiger partial charge is 0.338 e. The molecular formula is C36H36O13. The van der Waals surface area contributed by atoms with Gasteiger partial charge in [0.25, 0.3) is 0 Å². The molecule has 0 aliphatic rings. The van der Waals surface area contributed by atoms with Gasteiger partial charge in [-0.15, -0.1) is 0 Å². The first kappa shape index (κ1) is 35.8. The van der Waals surface area contributed by atoms with E-state index in [1.54, 1.807) is 24.3 Å². The summed E-state index contributed by atoms with van der Waals surface area (Å²) < 4.78 is 38.7. The maximum Gasteiger partial charge on any atom is 0.338 e. The monoisotopic (exact) mass is 676 g/mol. The first-order chi connectivity index (χ1) is 23.6. The van der Waals surface area contributed by atoms with Crippen molar-refractivity contribution in [2.45, 2.75) is 12.2 Å². The fraction of sp³-hybridized carbons (Fsp3) is 0.222. The quantitative estimate of drug-likeness (QED) is 0.123. The molecule has 4 aromatic rings. The lowest BCUT2D eigenvalue weighted by Gasteiger charge is -2.27. The van der Waals surface area contributed by atoms with Crippen LogP contribution in [0.5, 0.6) is 46.0 Å². The van der Waals surface area contributed by atoms with Crippen molar-refractivity contribution in [3.63, 3.8) is 0 Å². The minimum atomic E-state index is -1.48. The van der Waals surface area contributed by atoms with Crippen LogP contribution in [0.1, 0.15) is 37.9 Å². The molecule has 0 spiro atoms. The largest absolute Gasteiger partial charge is 0.508 e. The first-order valence-electron chi connectivity index (χ1n) is 14.7. The van der Waals surface area contributed by atoms with E-state index < -0.39 is 30.8 Å². The van der Waals surface area contributed by atoms with Gasteiger partial charge < -0.3 is 53.6 Å². The molecule has 0 radical (unpaired) electrons. The molecule has 13 nitrogen and oxygen atoms in total. The van der Waals surface area contributed by atoms with Gasteiger partial charge in [0.2, 0.25) is 11.5 Å². The van der Waals surface area contributed by atoms with Crippen molar-refractivity contribution in [1.82, 2.24) is 0 Å². The molecule has 0 fully saturated rings. The number of methoxy groups -OCH3 is 4.